The van der Waals surface area contributed by atoms with E-state index in [0.717, 1.165) is 5.56 Å². The van der Waals surface area contributed by atoms with Gasteiger partial charge in [-0.1, -0.05) is 12.1 Å². The van der Waals surface area contributed by atoms with Gasteiger partial charge in [0.05, 0.1) is 19.8 Å². The molecule has 6 heteroatoms. The molecule has 0 aromatic heterocycles. The van der Waals surface area contributed by atoms with Gasteiger partial charge in [-0.25, -0.2) is 4.39 Å². The molecule has 5 nitrogen and oxygen atoms in total. The van der Waals surface area contributed by atoms with Crippen molar-refractivity contribution in [2.45, 2.75) is 19.9 Å². The highest BCUT2D eigenvalue weighted by atomic mass is 19.1. The molecule has 0 spiro atoms. The van der Waals surface area contributed by atoms with Crippen LogP contribution in [0.5, 0.6) is 11.5 Å². The van der Waals surface area contributed by atoms with Crippen molar-refractivity contribution in [1.82, 2.24) is 5.32 Å². The second-order valence-electron chi connectivity index (χ2n) is 5.91. The number of benzene rings is 2. The van der Waals surface area contributed by atoms with E-state index < -0.39 is 5.82 Å². The first-order chi connectivity index (χ1) is 12.5. The van der Waals surface area contributed by atoms with Gasteiger partial charge in [0.2, 0.25) is 0 Å². The van der Waals surface area contributed by atoms with Crippen LogP contribution in [0.2, 0.25) is 0 Å². The number of carbonyl (C=O) groups is 1. The Balaban J connectivity index is 2.09. The number of ether oxygens (including phenoxy) is 3. The Morgan fingerprint density at radius 3 is 2.54 bits per heavy atom. The maximum absolute atomic E-state index is 13.7. The van der Waals surface area contributed by atoms with Gasteiger partial charge in [0, 0.05) is 12.7 Å². The van der Waals surface area contributed by atoms with Crippen LogP contribution in [0.4, 0.5) is 4.39 Å². The molecule has 1 atom stereocenters. The van der Waals surface area contributed by atoms with E-state index in [1.807, 2.05) is 19.1 Å². The minimum atomic E-state index is -0.399. The monoisotopic (exact) mass is 361 g/mol. The fourth-order valence-corrected chi connectivity index (χ4v) is 2.41. The number of rotatable bonds is 8. The van der Waals surface area contributed by atoms with Crippen LogP contribution in [-0.4, -0.2) is 33.3 Å². The fraction of sp³-hybridized carbons (Fsp3) is 0.350. The van der Waals surface area contributed by atoms with Crippen LogP contribution < -0.4 is 14.8 Å². The number of carbonyl (C=O) groups excluding carboxylic acids is 1. The summed E-state index contributed by atoms with van der Waals surface area (Å²) in [6.07, 6.45) is 0. The second kappa shape index (κ2) is 9.20. The summed E-state index contributed by atoms with van der Waals surface area (Å²) in [6.45, 7) is 4.40. The number of hydrogen-bond donors (Lipinski definition) is 1. The largest absolute Gasteiger partial charge is 0.493 e. The van der Waals surface area contributed by atoms with Gasteiger partial charge >= 0.3 is 0 Å². The molecule has 0 fully saturated rings. The van der Waals surface area contributed by atoms with E-state index in [1.165, 1.54) is 6.07 Å². The third-order valence-electron chi connectivity index (χ3n) is 4.01. The predicted octanol–water partition coefficient (Wildman–Crippen LogP) is 3.66. The lowest BCUT2D eigenvalue weighted by Gasteiger charge is -2.17. The number of nitrogens with one attached hydrogen (secondary N) is 1. The molecule has 0 aliphatic heterocycles. The third-order valence-corrected chi connectivity index (χ3v) is 4.01. The quantitative estimate of drug-likeness (QED) is 0.729. The van der Waals surface area contributed by atoms with Crippen molar-refractivity contribution < 1.29 is 23.4 Å². The van der Waals surface area contributed by atoms with Crippen LogP contribution in [0, 0.1) is 12.7 Å². The maximum atomic E-state index is 13.7. The lowest BCUT2D eigenvalue weighted by atomic mass is 10.1. The summed E-state index contributed by atoms with van der Waals surface area (Å²) < 4.78 is 29.6. The Kier molecular flexibility index (Phi) is 6.97. The minimum absolute atomic E-state index is 0.284. The molecule has 2 aromatic carbocycles. The first kappa shape index (κ1) is 19.7. The number of aryl methyl sites for hydroxylation is 1. The van der Waals surface area contributed by atoms with E-state index in [-0.39, 0.29) is 17.5 Å². The lowest BCUT2D eigenvalue weighted by molar-refractivity contribution is 0.0939. The predicted molar refractivity (Wildman–Crippen MR) is 97.4 cm³/mol. The summed E-state index contributed by atoms with van der Waals surface area (Å²) >= 11 is 0. The highest BCUT2D eigenvalue weighted by Gasteiger charge is 2.15. The Morgan fingerprint density at radius 1 is 1.12 bits per heavy atom. The summed E-state index contributed by atoms with van der Waals surface area (Å²) in [7, 11) is 3.16. The molecule has 0 saturated heterocycles. The molecule has 0 radical (unpaired) electrons. The highest BCUT2D eigenvalue weighted by molar-refractivity contribution is 5.94. The fourth-order valence-electron chi connectivity index (χ4n) is 2.41. The van der Waals surface area contributed by atoms with Gasteiger partial charge in [0.15, 0.2) is 11.5 Å². The standard InChI is InChI=1S/C20H24FNO4/c1-13-5-6-16(11-17(13)21)20(23)22-14(2)15-7-8-18(19(12-15)25-4)26-10-9-24-3/h5-8,11-12,14H,9-10H2,1-4H3,(H,22,23)/t14-/m1/s1. The van der Waals surface area contributed by atoms with Crippen molar-refractivity contribution in [3.63, 3.8) is 0 Å². The van der Waals surface area contributed by atoms with Crippen LogP contribution in [0.3, 0.4) is 0 Å². The summed E-state index contributed by atoms with van der Waals surface area (Å²) in [5.41, 5.74) is 1.64. The van der Waals surface area contributed by atoms with E-state index in [0.29, 0.717) is 30.3 Å². The first-order valence-electron chi connectivity index (χ1n) is 8.33. The summed E-state index contributed by atoms with van der Waals surface area (Å²) in [5, 5.41) is 2.86. The van der Waals surface area contributed by atoms with Gasteiger partial charge in [0.1, 0.15) is 12.4 Å². The molecular formula is C20H24FNO4. The zero-order chi connectivity index (χ0) is 19.1. The minimum Gasteiger partial charge on any atom is -0.493 e. The van der Waals surface area contributed by atoms with Gasteiger partial charge in [-0.15, -0.1) is 0 Å². The van der Waals surface area contributed by atoms with E-state index in [2.05, 4.69) is 5.32 Å². The maximum Gasteiger partial charge on any atom is 0.251 e. The number of halogens is 1. The van der Waals surface area contributed by atoms with Crippen molar-refractivity contribution >= 4 is 5.91 Å². The first-order valence-corrected chi connectivity index (χ1v) is 8.33. The zero-order valence-corrected chi connectivity index (χ0v) is 15.5. The molecule has 0 aliphatic carbocycles. The van der Waals surface area contributed by atoms with E-state index in [4.69, 9.17) is 14.2 Å². The molecule has 1 N–H and O–H groups in total. The van der Waals surface area contributed by atoms with Crippen LogP contribution in [0.25, 0.3) is 0 Å². The summed E-state index contributed by atoms with van der Waals surface area (Å²) in [6, 6.07) is 9.60. The Bertz CT molecular complexity index is 763. The van der Waals surface area contributed by atoms with Crippen LogP contribution >= 0.6 is 0 Å². The van der Waals surface area contributed by atoms with Gasteiger partial charge in [0.25, 0.3) is 5.91 Å². The number of amides is 1. The van der Waals surface area contributed by atoms with Crippen molar-refractivity contribution in [2.75, 3.05) is 27.4 Å². The zero-order valence-electron chi connectivity index (χ0n) is 15.5. The average Bonchev–Trinajstić information content (AvgIpc) is 2.64. The molecule has 2 aromatic rings. The van der Waals surface area contributed by atoms with Crippen molar-refractivity contribution in [2.24, 2.45) is 0 Å². The van der Waals surface area contributed by atoms with Crippen LogP contribution in [0.1, 0.15) is 34.5 Å². The molecule has 0 bridgehead atoms. The second-order valence-corrected chi connectivity index (χ2v) is 5.91. The molecule has 2 rings (SSSR count). The van der Waals surface area contributed by atoms with Gasteiger partial charge in [-0.05, 0) is 49.2 Å². The SMILES string of the molecule is COCCOc1ccc([C@@H](C)NC(=O)c2ccc(C)c(F)c2)cc1OC. The molecule has 140 valence electrons. The topological polar surface area (TPSA) is 56.8 Å². The van der Waals surface area contributed by atoms with Crippen LogP contribution in [0.15, 0.2) is 36.4 Å². The molecular weight excluding hydrogens is 337 g/mol. The Morgan fingerprint density at radius 2 is 1.88 bits per heavy atom. The van der Waals surface area contributed by atoms with Crippen molar-refractivity contribution in [3.8, 4) is 11.5 Å². The Labute approximate surface area is 153 Å². The molecule has 0 aliphatic rings. The van der Waals surface area contributed by atoms with E-state index in [1.54, 1.807) is 39.3 Å². The van der Waals surface area contributed by atoms with Crippen LogP contribution in [-0.2, 0) is 4.74 Å². The van der Waals surface area contributed by atoms with E-state index in [9.17, 15) is 9.18 Å². The molecule has 26 heavy (non-hydrogen) atoms. The van der Waals surface area contributed by atoms with Crippen molar-refractivity contribution in [3.05, 3.63) is 58.9 Å². The van der Waals surface area contributed by atoms with Crippen molar-refractivity contribution in [1.29, 1.82) is 0 Å². The smallest absolute Gasteiger partial charge is 0.251 e. The Hall–Kier alpha value is -2.60. The lowest BCUT2D eigenvalue weighted by Crippen LogP contribution is -2.26. The highest BCUT2D eigenvalue weighted by Crippen LogP contribution is 2.30. The molecule has 0 saturated carbocycles. The summed E-state index contributed by atoms with van der Waals surface area (Å²) in [5.74, 6) is 0.439. The van der Waals surface area contributed by atoms with Gasteiger partial charge < -0.3 is 19.5 Å². The van der Waals surface area contributed by atoms with Gasteiger partial charge in [-0.3, -0.25) is 4.79 Å². The molecule has 1 amide bonds. The average molecular weight is 361 g/mol. The number of methoxy groups -OCH3 is 2. The third kappa shape index (κ3) is 4.95. The number of hydrogen-bond acceptors (Lipinski definition) is 4. The normalized spacial score (nSPS) is 11.7. The molecule has 0 heterocycles. The van der Waals surface area contributed by atoms with E-state index >= 15 is 0 Å². The van der Waals surface area contributed by atoms with Gasteiger partial charge in [-0.2, -0.15) is 0 Å². The summed E-state index contributed by atoms with van der Waals surface area (Å²) in [4.78, 5) is 12.3. The molecule has 0 unspecified atom stereocenters.